The van der Waals surface area contributed by atoms with Crippen molar-refractivity contribution < 1.29 is 4.74 Å². The van der Waals surface area contributed by atoms with Gasteiger partial charge in [-0.3, -0.25) is 0 Å². The minimum atomic E-state index is 0.373. The molecular weight excluding hydrogens is 196 g/mol. The van der Waals surface area contributed by atoms with Crippen molar-refractivity contribution >= 4 is 17.0 Å². The lowest BCUT2D eigenvalue weighted by Gasteiger charge is -2.17. The van der Waals surface area contributed by atoms with E-state index in [2.05, 4.69) is 22.1 Å². The maximum absolute atomic E-state index is 5.48. The Morgan fingerprint density at radius 3 is 3.07 bits per heavy atom. The van der Waals surface area contributed by atoms with E-state index in [9.17, 15) is 0 Å². The molecule has 1 atom stereocenters. The van der Waals surface area contributed by atoms with Gasteiger partial charge in [0.15, 0.2) is 0 Å². The summed E-state index contributed by atoms with van der Waals surface area (Å²) in [5.74, 6) is 0. The van der Waals surface area contributed by atoms with Gasteiger partial charge in [0.2, 0.25) is 0 Å². The van der Waals surface area contributed by atoms with E-state index in [0.29, 0.717) is 6.04 Å². The largest absolute Gasteiger partial charge is 0.383 e. The fourth-order valence-corrected chi connectivity index (χ4v) is 1.94. The summed E-state index contributed by atoms with van der Waals surface area (Å²) in [6.45, 7) is 1.47. The van der Waals surface area contributed by atoms with Gasteiger partial charge in [-0.2, -0.15) is 11.3 Å². The molecule has 0 saturated heterocycles. The molecule has 0 bridgehead atoms. The average Bonchev–Trinajstić information content (AvgIpc) is 2.67. The third-order valence-corrected chi connectivity index (χ3v) is 2.70. The van der Waals surface area contributed by atoms with Crippen LogP contribution in [0, 0.1) is 0 Å². The number of thiophene rings is 1. The zero-order valence-electron chi connectivity index (χ0n) is 8.53. The topological polar surface area (TPSA) is 47.3 Å². The Bertz CT molecular complexity index is 226. The maximum atomic E-state index is 5.48. The van der Waals surface area contributed by atoms with E-state index in [1.54, 1.807) is 18.4 Å². The first kappa shape index (κ1) is 11.5. The third-order valence-electron chi connectivity index (χ3n) is 2.02. The van der Waals surface area contributed by atoms with Gasteiger partial charge < -0.3 is 15.8 Å². The van der Waals surface area contributed by atoms with Gasteiger partial charge in [0.05, 0.1) is 6.61 Å². The molecule has 1 heterocycles. The van der Waals surface area contributed by atoms with Gasteiger partial charge >= 0.3 is 0 Å². The van der Waals surface area contributed by atoms with Crippen LogP contribution >= 0.6 is 11.3 Å². The van der Waals surface area contributed by atoms with Crippen LogP contribution in [0.5, 0.6) is 0 Å². The summed E-state index contributed by atoms with van der Waals surface area (Å²) in [7, 11) is 1.73. The van der Waals surface area contributed by atoms with E-state index >= 15 is 0 Å². The summed E-state index contributed by atoms with van der Waals surface area (Å²) in [5, 5.41) is 7.59. The monoisotopic (exact) mass is 214 g/mol. The fourth-order valence-electron chi connectivity index (χ4n) is 1.34. The Balaban J connectivity index is 2.34. The molecule has 4 heteroatoms. The summed E-state index contributed by atoms with van der Waals surface area (Å²) < 4.78 is 5.15. The predicted molar refractivity (Wildman–Crippen MR) is 61.9 cm³/mol. The highest BCUT2D eigenvalue weighted by Crippen LogP contribution is 2.14. The molecule has 1 aromatic rings. The smallest absolute Gasteiger partial charge is 0.0664 e. The Labute approximate surface area is 89.3 Å². The molecule has 3 nitrogen and oxygen atoms in total. The van der Waals surface area contributed by atoms with Crippen molar-refractivity contribution in [2.45, 2.75) is 18.9 Å². The van der Waals surface area contributed by atoms with E-state index in [1.807, 2.05) is 0 Å². The summed E-state index contributed by atoms with van der Waals surface area (Å²) in [5.41, 5.74) is 6.65. The van der Waals surface area contributed by atoms with Gasteiger partial charge in [0, 0.05) is 24.2 Å². The average molecular weight is 214 g/mol. The van der Waals surface area contributed by atoms with E-state index < -0.39 is 0 Å². The van der Waals surface area contributed by atoms with Crippen molar-refractivity contribution in [2.75, 3.05) is 25.6 Å². The molecule has 0 radical (unpaired) electrons. The molecule has 1 unspecified atom stereocenters. The molecule has 0 aliphatic carbocycles. The van der Waals surface area contributed by atoms with Crippen molar-refractivity contribution in [3.8, 4) is 0 Å². The highest BCUT2D eigenvalue weighted by Gasteiger charge is 2.07. The molecule has 0 amide bonds. The van der Waals surface area contributed by atoms with E-state index in [0.717, 1.165) is 26.0 Å². The Kier molecular flexibility index (Phi) is 5.59. The van der Waals surface area contributed by atoms with Crippen molar-refractivity contribution in [1.82, 2.24) is 0 Å². The molecule has 0 fully saturated rings. The second kappa shape index (κ2) is 6.81. The van der Waals surface area contributed by atoms with Crippen LogP contribution in [0.25, 0.3) is 0 Å². The molecule has 0 spiro atoms. The first-order valence-corrected chi connectivity index (χ1v) is 5.79. The van der Waals surface area contributed by atoms with Crippen LogP contribution in [0.3, 0.4) is 0 Å². The minimum Gasteiger partial charge on any atom is -0.383 e. The van der Waals surface area contributed by atoms with Crippen molar-refractivity contribution in [3.05, 3.63) is 16.8 Å². The molecular formula is C10H18N2OS. The maximum Gasteiger partial charge on any atom is 0.0664 e. The van der Waals surface area contributed by atoms with Crippen LogP contribution in [0.15, 0.2) is 16.8 Å². The Morgan fingerprint density at radius 2 is 2.50 bits per heavy atom. The van der Waals surface area contributed by atoms with Gasteiger partial charge in [0.1, 0.15) is 0 Å². The number of ether oxygens (including phenoxy) is 1. The normalized spacial score (nSPS) is 12.7. The molecule has 1 rings (SSSR count). The molecule has 0 aliphatic rings. The third kappa shape index (κ3) is 4.09. The number of nitrogens with two attached hydrogens (primary N) is 1. The first-order valence-electron chi connectivity index (χ1n) is 4.84. The van der Waals surface area contributed by atoms with Crippen molar-refractivity contribution in [3.63, 3.8) is 0 Å². The molecule has 0 aromatic carbocycles. The van der Waals surface area contributed by atoms with Gasteiger partial charge in [-0.15, -0.1) is 0 Å². The highest BCUT2D eigenvalue weighted by atomic mass is 32.1. The summed E-state index contributed by atoms with van der Waals surface area (Å²) in [4.78, 5) is 0. The number of methoxy groups -OCH3 is 1. The Morgan fingerprint density at radius 1 is 1.64 bits per heavy atom. The molecule has 14 heavy (non-hydrogen) atoms. The second-order valence-electron chi connectivity index (χ2n) is 3.24. The van der Waals surface area contributed by atoms with E-state index in [-0.39, 0.29) is 0 Å². The summed E-state index contributed by atoms with van der Waals surface area (Å²) in [6.07, 6.45) is 2.09. The van der Waals surface area contributed by atoms with E-state index in [1.165, 1.54) is 5.69 Å². The van der Waals surface area contributed by atoms with Crippen LogP contribution < -0.4 is 11.1 Å². The lowest BCUT2D eigenvalue weighted by atomic mass is 10.1. The first-order chi connectivity index (χ1) is 6.86. The Hall–Kier alpha value is -0.580. The zero-order chi connectivity index (χ0) is 10.2. The second-order valence-corrected chi connectivity index (χ2v) is 4.02. The SMILES string of the molecule is COCC(CCCN)Nc1ccsc1. The molecule has 3 N–H and O–H groups in total. The van der Waals surface area contributed by atoms with Crippen molar-refractivity contribution in [1.29, 1.82) is 0 Å². The highest BCUT2D eigenvalue weighted by molar-refractivity contribution is 7.08. The van der Waals surface area contributed by atoms with Gasteiger partial charge in [-0.25, -0.2) is 0 Å². The summed E-state index contributed by atoms with van der Waals surface area (Å²) >= 11 is 1.70. The van der Waals surface area contributed by atoms with Gasteiger partial charge in [-0.05, 0) is 30.8 Å². The van der Waals surface area contributed by atoms with Gasteiger partial charge in [0.25, 0.3) is 0 Å². The van der Waals surface area contributed by atoms with Gasteiger partial charge in [-0.1, -0.05) is 0 Å². The summed E-state index contributed by atoms with van der Waals surface area (Å²) in [6, 6.07) is 2.45. The van der Waals surface area contributed by atoms with E-state index in [4.69, 9.17) is 10.5 Å². The van der Waals surface area contributed by atoms with Crippen molar-refractivity contribution in [2.24, 2.45) is 5.73 Å². The minimum absolute atomic E-state index is 0.373. The van der Waals surface area contributed by atoms with Crippen LogP contribution in [0.2, 0.25) is 0 Å². The fraction of sp³-hybridized carbons (Fsp3) is 0.600. The standard InChI is InChI=1S/C10H18N2OS/c1-13-7-9(3-2-5-11)12-10-4-6-14-8-10/h4,6,8-9,12H,2-3,5,7,11H2,1H3. The van der Waals surface area contributed by atoms with Crippen LogP contribution in [-0.4, -0.2) is 26.3 Å². The molecule has 80 valence electrons. The number of hydrogen-bond donors (Lipinski definition) is 2. The van der Waals surface area contributed by atoms with Crippen LogP contribution in [0.1, 0.15) is 12.8 Å². The van der Waals surface area contributed by atoms with Crippen LogP contribution in [-0.2, 0) is 4.74 Å². The predicted octanol–water partition coefficient (Wildman–Crippen LogP) is 1.91. The number of rotatable bonds is 7. The zero-order valence-corrected chi connectivity index (χ0v) is 9.35. The molecule has 1 aromatic heterocycles. The molecule has 0 aliphatic heterocycles. The molecule has 0 saturated carbocycles. The lowest BCUT2D eigenvalue weighted by molar-refractivity contribution is 0.182. The van der Waals surface area contributed by atoms with Crippen LogP contribution in [0.4, 0.5) is 5.69 Å². The quantitative estimate of drug-likeness (QED) is 0.729. The number of anilines is 1. The lowest BCUT2D eigenvalue weighted by Crippen LogP contribution is -2.25. The number of nitrogens with one attached hydrogen (secondary N) is 1. The number of hydrogen-bond acceptors (Lipinski definition) is 4.